The smallest absolute Gasteiger partial charge is 0.225 e. The summed E-state index contributed by atoms with van der Waals surface area (Å²) >= 11 is 10.2. The summed E-state index contributed by atoms with van der Waals surface area (Å²) in [6.45, 7) is 0. The van der Waals surface area contributed by atoms with Crippen LogP contribution in [0.4, 0.5) is 0 Å². The number of halogens is 3. The summed E-state index contributed by atoms with van der Waals surface area (Å²) < 4.78 is 1.21. The summed E-state index contributed by atoms with van der Waals surface area (Å²) in [4.78, 5) is 0. The molecule has 17 heavy (non-hydrogen) atoms. The van der Waals surface area contributed by atoms with Crippen molar-refractivity contribution in [3.8, 4) is 0 Å². The first kappa shape index (κ1) is 13.1. The maximum atomic E-state index is 4.39. The van der Waals surface area contributed by atoms with Gasteiger partial charge in [0.15, 0.2) is 0 Å². The monoisotopic (exact) mass is 418 g/mol. The fourth-order valence-electron chi connectivity index (χ4n) is 1.31. The van der Waals surface area contributed by atoms with Crippen LogP contribution in [0.1, 0.15) is 11.3 Å². The molecule has 2 nitrogen and oxygen atoms in total. The van der Waals surface area contributed by atoms with Gasteiger partial charge in [-0.15, -0.1) is 0 Å². The fraction of sp³-hybridized carbons (Fsp3) is 0.0833. The fourth-order valence-corrected chi connectivity index (χ4v) is 1.91. The highest BCUT2D eigenvalue weighted by Gasteiger charge is 2.20. The van der Waals surface area contributed by atoms with E-state index in [9.17, 15) is 0 Å². The molecule has 1 aromatic heterocycles. The minimum Gasteiger partial charge on any atom is -0.234 e. The molecule has 0 N–H and O–H groups in total. The van der Waals surface area contributed by atoms with Gasteiger partial charge in [0.2, 0.25) is 2.27 Å². The van der Waals surface area contributed by atoms with Crippen LogP contribution in [0, 0.1) is 0 Å². The van der Waals surface area contributed by atoms with Crippen LogP contribution in [0.5, 0.6) is 0 Å². The number of alkyl halides is 3. The Balaban J connectivity index is 2.15. The zero-order valence-corrected chi connectivity index (χ0v) is 13.5. The van der Waals surface area contributed by atoms with Crippen molar-refractivity contribution in [2.45, 2.75) is 2.27 Å². The predicted octanol–water partition coefficient (Wildman–Crippen LogP) is 4.81. The molecule has 0 aliphatic rings. The lowest BCUT2D eigenvalue weighted by Crippen LogP contribution is -2.10. The van der Waals surface area contributed by atoms with Gasteiger partial charge in [0.05, 0.1) is 5.69 Å². The molecule has 5 heteroatoms. The van der Waals surface area contributed by atoms with Crippen LogP contribution in [0.3, 0.4) is 0 Å². The summed E-state index contributed by atoms with van der Waals surface area (Å²) in [5, 5.41) is 4.39. The number of hydrogen-bond acceptors (Lipinski definition) is 1. The Morgan fingerprint density at radius 2 is 1.71 bits per heavy atom. The van der Waals surface area contributed by atoms with Crippen molar-refractivity contribution in [3.05, 3.63) is 53.9 Å². The van der Waals surface area contributed by atoms with Gasteiger partial charge < -0.3 is 0 Å². The van der Waals surface area contributed by atoms with Crippen LogP contribution in [0.2, 0.25) is 0 Å². The Hall–Kier alpha value is -0.390. The first-order valence-corrected chi connectivity index (χ1v) is 7.29. The van der Waals surface area contributed by atoms with Crippen LogP contribution in [-0.2, 0) is 2.27 Å². The summed E-state index contributed by atoms with van der Waals surface area (Å²) in [7, 11) is 0. The molecule has 0 aliphatic carbocycles. The maximum absolute atomic E-state index is 4.39. The van der Waals surface area contributed by atoms with Gasteiger partial charge in [-0.25, -0.2) is 4.68 Å². The van der Waals surface area contributed by atoms with E-state index in [1.165, 1.54) is 0 Å². The lowest BCUT2D eigenvalue weighted by atomic mass is 10.2. The van der Waals surface area contributed by atoms with E-state index in [1.54, 1.807) is 4.68 Å². The van der Waals surface area contributed by atoms with Gasteiger partial charge in [-0.05, 0) is 65.5 Å². The molecule has 0 amide bonds. The molecular formula is C12H9Br3N2. The van der Waals surface area contributed by atoms with E-state index in [0.717, 1.165) is 11.3 Å². The topological polar surface area (TPSA) is 17.8 Å². The van der Waals surface area contributed by atoms with Gasteiger partial charge >= 0.3 is 0 Å². The molecule has 0 spiro atoms. The third kappa shape index (κ3) is 3.79. The van der Waals surface area contributed by atoms with E-state index in [4.69, 9.17) is 0 Å². The molecule has 0 saturated heterocycles. The number of rotatable bonds is 2. The number of nitrogens with zero attached hydrogens (tertiary/aromatic N) is 2. The number of benzene rings is 1. The molecule has 2 aromatic rings. The number of aromatic nitrogens is 2. The minimum atomic E-state index is -0.522. The van der Waals surface area contributed by atoms with Crippen LogP contribution in [0.25, 0.3) is 12.2 Å². The summed E-state index contributed by atoms with van der Waals surface area (Å²) in [5.41, 5.74) is 2.06. The molecule has 0 radical (unpaired) electrons. The van der Waals surface area contributed by atoms with Crippen molar-refractivity contribution in [1.29, 1.82) is 0 Å². The van der Waals surface area contributed by atoms with Crippen molar-refractivity contribution >= 4 is 59.9 Å². The van der Waals surface area contributed by atoms with Crippen LogP contribution < -0.4 is 0 Å². The molecule has 0 saturated carbocycles. The van der Waals surface area contributed by atoms with Gasteiger partial charge in [-0.2, -0.15) is 5.10 Å². The van der Waals surface area contributed by atoms with E-state index in [2.05, 4.69) is 65.0 Å². The molecule has 2 rings (SSSR count). The van der Waals surface area contributed by atoms with Crippen molar-refractivity contribution in [2.24, 2.45) is 0 Å². The van der Waals surface area contributed by atoms with Crippen LogP contribution >= 0.6 is 47.8 Å². The number of hydrogen-bond donors (Lipinski definition) is 0. The molecule has 0 unspecified atom stereocenters. The second-order valence-corrected chi connectivity index (χ2v) is 10.0. The summed E-state index contributed by atoms with van der Waals surface area (Å²) in [6.07, 6.45) is 5.89. The second-order valence-electron chi connectivity index (χ2n) is 3.40. The standard InChI is InChI=1S/C12H9Br3N2/c13-12(14,15)17-9-8-11(16-17)7-6-10-4-2-1-3-5-10/h1-9H. The van der Waals surface area contributed by atoms with Gasteiger partial charge in [-0.1, -0.05) is 36.4 Å². The summed E-state index contributed by atoms with van der Waals surface area (Å²) in [5.74, 6) is 0. The van der Waals surface area contributed by atoms with Crippen molar-refractivity contribution in [3.63, 3.8) is 0 Å². The highest BCUT2D eigenvalue weighted by Crippen LogP contribution is 2.38. The largest absolute Gasteiger partial charge is 0.234 e. The van der Waals surface area contributed by atoms with Gasteiger partial charge in [-0.3, -0.25) is 0 Å². The third-order valence-corrected chi connectivity index (χ3v) is 3.21. The highest BCUT2D eigenvalue weighted by molar-refractivity contribution is 9.38. The lowest BCUT2D eigenvalue weighted by molar-refractivity contribution is 0.724. The Morgan fingerprint density at radius 3 is 2.29 bits per heavy atom. The molecule has 1 heterocycles. The Bertz CT molecular complexity index is 512. The second kappa shape index (κ2) is 5.50. The van der Waals surface area contributed by atoms with E-state index in [0.29, 0.717) is 0 Å². The Morgan fingerprint density at radius 1 is 1.00 bits per heavy atom. The van der Waals surface area contributed by atoms with Crippen LogP contribution in [-0.4, -0.2) is 9.78 Å². The molecule has 1 aromatic carbocycles. The van der Waals surface area contributed by atoms with E-state index < -0.39 is 2.27 Å². The highest BCUT2D eigenvalue weighted by atomic mass is 80.0. The maximum Gasteiger partial charge on any atom is 0.225 e. The molecule has 0 fully saturated rings. The van der Waals surface area contributed by atoms with Gasteiger partial charge in [0.1, 0.15) is 0 Å². The molecule has 0 aliphatic heterocycles. The zero-order valence-electron chi connectivity index (χ0n) is 8.72. The van der Waals surface area contributed by atoms with Crippen molar-refractivity contribution < 1.29 is 0 Å². The third-order valence-electron chi connectivity index (χ3n) is 2.12. The normalized spacial score (nSPS) is 12.2. The first-order chi connectivity index (χ1) is 8.05. The van der Waals surface area contributed by atoms with Gasteiger partial charge in [0.25, 0.3) is 0 Å². The van der Waals surface area contributed by atoms with Crippen molar-refractivity contribution in [1.82, 2.24) is 9.78 Å². The van der Waals surface area contributed by atoms with E-state index in [-0.39, 0.29) is 0 Å². The van der Waals surface area contributed by atoms with Crippen molar-refractivity contribution in [2.75, 3.05) is 0 Å². The van der Waals surface area contributed by atoms with E-state index in [1.807, 2.05) is 42.6 Å². The molecule has 0 atom stereocenters. The quantitative estimate of drug-likeness (QED) is 0.638. The first-order valence-electron chi connectivity index (χ1n) is 4.92. The Kier molecular flexibility index (Phi) is 4.22. The average Bonchev–Trinajstić information content (AvgIpc) is 2.76. The zero-order chi connectivity index (χ0) is 12.3. The minimum absolute atomic E-state index is 0.522. The molecule has 0 bridgehead atoms. The summed E-state index contributed by atoms with van der Waals surface area (Å²) in [6, 6.07) is 12.1. The van der Waals surface area contributed by atoms with Gasteiger partial charge in [0, 0.05) is 6.20 Å². The predicted molar refractivity (Wildman–Crippen MR) is 82.4 cm³/mol. The molecule has 88 valence electrons. The molecular weight excluding hydrogens is 412 g/mol. The Labute approximate surface area is 125 Å². The lowest BCUT2D eigenvalue weighted by Gasteiger charge is -2.11. The van der Waals surface area contributed by atoms with Crippen LogP contribution in [0.15, 0.2) is 42.6 Å². The van der Waals surface area contributed by atoms with E-state index >= 15 is 0 Å². The average molecular weight is 421 g/mol. The SMILES string of the molecule is BrC(Br)(Br)n1ccc(C=Cc2ccccc2)n1.